The van der Waals surface area contributed by atoms with Gasteiger partial charge in [-0.3, -0.25) is 4.79 Å². The van der Waals surface area contributed by atoms with E-state index in [1.165, 1.54) is 16.7 Å². The highest BCUT2D eigenvalue weighted by Gasteiger charge is 2.42. The number of amides is 1. The fraction of sp³-hybridized carbons (Fsp3) is 0.238. The summed E-state index contributed by atoms with van der Waals surface area (Å²) in [6, 6.07) is 4.36. The Bertz CT molecular complexity index is 1190. The van der Waals surface area contributed by atoms with Gasteiger partial charge in [0.25, 0.3) is 5.91 Å². The summed E-state index contributed by atoms with van der Waals surface area (Å²) in [6.45, 7) is 3.57. The van der Waals surface area contributed by atoms with Crippen molar-refractivity contribution < 1.29 is 32.3 Å². The zero-order valence-corrected chi connectivity index (χ0v) is 17.1. The molecule has 0 fully saturated rings. The lowest BCUT2D eigenvalue weighted by atomic mass is 10.1. The number of hydrogen-bond donors (Lipinski definition) is 2. The van der Waals surface area contributed by atoms with E-state index in [0.29, 0.717) is 11.1 Å². The number of hydrogen-bond acceptors (Lipinski definition) is 2. The molecule has 0 saturated heterocycles. The first-order valence-corrected chi connectivity index (χ1v) is 9.51. The SMILES string of the molecule is CCn1c(C(=O)NC(c2ccc(F)c(Cl)c2)C(F)(F)F)cc2c(C(=O)O)cc(C)cc21. The number of aryl methyl sites for hydroxylation is 2. The zero-order chi connectivity index (χ0) is 23.1. The zero-order valence-electron chi connectivity index (χ0n) is 16.3. The number of nitrogens with one attached hydrogen (secondary N) is 1. The van der Waals surface area contributed by atoms with E-state index in [9.17, 15) is 32.3 Å². The van der Waals surface area contributed by atoms with Crippen LogP contribution in [0.3, 0.4) is 0 Å². The number of halogens is 5. The van der Waals surface area contributed by atoms with Gasteiger partial charge in [-0.25, -0.2) is 9.18 Å². The van der Waals surface area contributed by atoms with Gasteiger partial charge >= 0.3 is 12.1 Å². The standard InChI is InChI=1S/C21H17ClF4N2O3/c1-3-28-16-7-10(2)6-13(20(30)31)12(16)9-17(28)19(29)27-18(21(24,25)26)11-4-5-15(23)14(22)8-11/h4-9,18H,3H2,1-2H3,(H,27,29)(H,30,31). The molecule has 0 spiro atoms. The summed E-state index contributed by atoms with van der Waals surface area (Å²) in [6.07, 6.45) is -4.89. The van der Waals surface area contributed by atoms with Crippen molar-refractivity contribution in [3.05, 3.63) is 69.6 Å². The molecular weight excluding hydrogens is 440 g/mol. The first-order chi connectivity index (χ1) is 14.4. The van der Waals surface area contributed by atoms with Crippen LogP contribution < -0.4 is 5.32 Å². The molecule has 0 radical (unpaired) electrons. The first-order valence-electron chi connectivity index (χ1n) is 9.13. The maximum Gasteiger partial charge on any atom is 0.412 e. The van der Waals surface area contributed by atoms with Crippen molar-refractivity contribution in [2.24, 2.45) is 0 Å². The minimum absolute atomic E-state index is 0.0612. The van der Waals surface area contributed by atoms with E-state index in [1.54, 1.807) is 19.9 Å². The van der Waals surface area contributed by atoms with Gasteiger partial charge in [-0.2, -0.15) is 13.2 Å². The summed E-state index contributed by atoms with van der Waals surface area (Å²) in [5.74, 6) is -3.17. The molecular formula is C21H17ClF4N2O3. The third kappa shape index (κ3) is 4.36. The lowest BCUT2D eigenvalue weighted by Crippen LogP contribution is -2.38. The number of fused-ring (bicyclic) bond motifs is 1. The number of benzene rings is 2. The van der Waals surface area contributed by atoms with Gasteiger partial charge in [-0.05, 0) is 55.3 Å². The van der Waals surface area contributed by atoms with Crippen LogP contribution in [0.25, 0.3) is 10.9 Å². The Morgan fingerprint density at radius 2 is 1.87 bits per heavy atom. The summed E-state index contributed by atoms with van der Waals surface area (Å²) in [7, 11) is 0. The quantitative estimate of drug-likeness (QED) is 0.498. The molecule has 10 heteroatoms. The Morgan fingerprint density at radius 3 is 2.42 bits per heavy atom. The summed E-state index contributed by atoms with van der Waals surface area (Å²) in [5.41, 5.74) is 0.410. The van der Waals surface area contributed by atoms with Crippen molar-refractivity contribution in [3.63, 3.8) is 0 Å². The predicted molar refractivity (Wildman–Crippen MR) is 107 cm³/mol. The van der Waals surface area contributed by atoms with Crippen molar-refractivity contribution in [1.29, 1.82) is 0 Å². The van der Waals surface area contributed by atoms with Crippen molar-refractivity contribution in [3.8, 4) is 0 Å². The highest BCUT2D eigenvalue weighted by Crippen LogP contribution is 2.35. The molecule has 1 amide bonds. The molecule has 0 aliphatic heterocycles. The number of nitrogens with zero attached hydrogens (tertiary/aromatic N) is 1. The fourth-order valence-electron chi connectivity index (χ4n) is 3.45. The van der Waals surface area contributed by atoms with E-state index in [0.717, 1.165) is 18.2 Å². The lowest BCUT2D eigenvalue weighted by molar-refractivity contribution is -0.155. The third-order valence-electron chi connectivity index (χ3n) is 4.82. The lowest BCUT2D eigenvalue weighted by Gasteiger charge is -2.22. The molecule has 5 nitrogen and oxygen atoms in total. The number of carboxylic acids is 1. The smallest absolute Gasteiger partial charge is 0.412 e. The molecule has 1 unspecified atom stereocenters. The van der Waals surface area contributed by atoms with Gasteiger partial charge in [0.15, 0.2) is 6.04 Å². The van der Waals surface area contributed by atoms with Crippen LogP contribution in [0.1, 0.15) is 44.9 Å². The van der Waals surface area contributed by atoms with Crippen molar-refractivity contribution in [2.45, 2.75) is 32.6 Å². The third-order valence-corrected chi connectivity index (χ3v) is 5.11. The highest BCUT2D eigenvalue weighted by molar-refractivity contribution is 6.30. The van der Waals surface area contributed by atoms with Gasteiger partial charge in [0.1, 0.15) is 11.5 Å². The van der Waals surface area contributed by atoms with Crippen LogP contribution in [-0.4, -0.2) is 27.7 Å². The second-order valence-corrected chi connectivity index (χ2v) is 7.35. The monoisotopic (exact) mass is 456 g/mol. The Labute approximate surface area is 179 Å². The summed E-state index contributed by atoms with van der Waals surface area (Å²) in [4.78, 5) is 24.5. The van der Waals surface area contributed by atoms with Gasteiger partial charge in [0.2, 0.25) is 0 Å². The predicted octanol–water partition coefficient (Wildman–Crippen LogP) is 5.49. The molecule has 0 saturated carbocycles. The van der Waals surface area contributed by atoms with E-state index in [-0.39, 0.29) is 23.2 Å². The van der Waals surface area contributed by atoms with Gasteiger partial charge in [0.05, 0.1) is 10.6 Å². The summed E-state index contributed by atoms with van der Waals surface area (Å²) < 4.78 is 55.9. The van der Waals surface area contributed by atoms with E-state index >= 15 is 0 Å². The normalized spacial score (nSPS) is 12.7. The number of carbonyl (C=O) groups is 2. The number of carboxylic acid groups (broad SMARTS) is 1. The summed E-state index contributed by atoms with van der Waals surface area (Å²) in [5, 5.41) is 11.1. The van der Waals surface area contributed by atoms with Crippen molar-refractivity contribution >= 4 is 34.4 Å². The minimum atomic E-state index is -4.89. The van der Waals surface area contributed by atoms with Gasteiger partial charge in [0, 0.05) is 17.4 Å². The van der Waals surface area contributed by atoms with Crippen molar-refractivity contribution in [1.82, 2.24) is 9.88 Å². The minimum Gasteiger partial charge on any atom is -0.478 e. The Kier molecular flexibility index (Phi) is 6.00. The largest absolute Gasteiger partial charge is 0.478 e. The van der Waals surface area contributed by atoms with Gasteiger partial charge < -0.3 is 15.0 Å². The molecule has 1 heterocycles. The molecule has 3 rings (SSSR count). The maximum atomic E-state index is 13.7. The van der Waals surface area contributed by atoms with E-state index in [2.05, 4.69) is 0 Å². The van der Waals surface area contributed by atoms with Crippen LogP contribution in [0.5, 0.6) is 0 Å². The first kappa shape index (κ1) is 22.6. The molecule has 164 valence electrons. The van der Waals surface area contributed by atoms with E-state index < -0.39 is 40.5 Å². The number of aromatic nitrogens is 1. The Hall–Kier alpha value is -3.07. The average molecular weight is 457 g/mol. The Balaban J connectivity index is 2.09. The number of alkyl halides is 3. The number of rotatable bonds is 5. The topological polar surface area (TPSA) is 71.3 Å². The molecule has 1 aromatic heterocycles. The molecule has 1 atom stereocenters. The van der Waals surface area contributed by atoms with Crippen LogP contribution in [0.2, 0.25) is 5.02 Å². The van der Waals surface area contributed by atoms with E-state index in [4.69, 9.17) is 11.6 Å². The van der Waals surface area contributed by atoms with Crippen LogP contribution in [0, 0.1) is 12.7 Å². The fourth-order valence-corrected chi connectivity index (χ4v) is 3.64. The van der Waals surface area contributed by atoms with E-state index in [1.807, 2.05) is 5.32 Å². The van der Waals surface area contributed by atoms with Crippen LogP contribution in [0.15, 0.2) is 36.4 Å². The maximum absolute atomic E-state index is 13.7. The average Bonchev–Trinajstić information content (AvgIpc) is 3.04. The molecule has 0 bridgehead atoms. The van der Waals surface area contributed by atoms with Crippen LogP contribution >= 0.6 is 11.6 Å². The molecule has 2 N–H and O–H groups in total. The Morgan fingerprint density at radius 1 is 1.19 bits per heavy atom. The second kappa shape index (κ2) is 8.22. The molecule has 31 heavy (non-hydrogen) atoms. The summed E-state index contributed by atoms with van der Waals surface area (Å²) >= 11 is 5.61. The van der Waals surface area contributed by atoms with Crippen LogP contribution in [0.4, 0.5) is 17.6 Å². The molecule has 3 aromatic rings. The number of aromatic carboxylic acids is 1. The van der Waals surface area contributed by atoms with Gasteiger partial charge in [-0.15, -0.1) is 0 Å². The van der Waals surface area contributed by atoms with Crippen LogP contribution in [-0.2, 0) is 6.54 Å². The molecule has 0 aliphatic rings. The van der Waals surface area contributed by atoms with Crippen molar-refractivity contribution in [2.75, 3.05) is 0 Å². The number of carbonyl (C=O) groups excluding carboxylic acids is 1. The van der Waals surface area contributed by atoms with Gasteiger partial charge in [-0.1, -0.05) is 17.7 Å². The molecule has 0 aliphatic carbocycles. The highest BCUT2D eigenvalue weighted by atomic mass is 35.5. The molecule has 2 aromatic carbocycles. The second-order valence-electron chi connectivity index (χ2n) is 6.95.